The number of hydrogen-bond donors (Lipinski definition) is 1. The Kier molecular flexibility index (Phi) is 8.66. The summed E-state index contributed by atoms with van der Waals surface area (Å²) in [6, 6.07) is 5.06. The van der Waals surface area contributed by atoms with Crippen LogP contribution in [0, 0.1) is 24.1 Å². The molecule has 0 aliphatic carbocycles. The number of likely N-dealkylation sites (N-methyl/N-ethyl adjacent to an activating group) is 1. The normalized spacial score (nSPS) is 22.1. The first kappa shape index (κ1) is 29.0. The number of ether oxygens (including phenoxy) is 1. The second-order valence-electron chi connectivity index (χ2n) is 9.53. The summed E-state index contributed by atoms with van der Waals surface area (Å²) in [5.74, 6) is -1.32. The molecule has 3 atom stereocenters. The number of nitrogens with zero attached hydrogens (tertiary/aromatic N) is 5. The number of carbonyl (C=O) groups excluding carboxylic acids is 1. The van der Waals surface area contributed by atoms with Gasteiger partial charge < -0.3 is 19.6 Å². The van der Waals surface area contributed by atoms with Crippen LogP contribution in [0.2, 0.25) is 5.02 Å². The van der Waals surface area contributed by atoms with Crippen LogP contribution in [0.4, 0.5) is 29.1 Å². The standard InChI is InChI=1S/C26H28ClF4N5O3/c1-3-35(16-4-5-22(28)21(27)9-16)25(38)23-10-17(34-6-7-39-18(13-34)14-37)12-36(23)24-19(11-32)20(26(29,30)31)8-15(2)33-24/h4-5,8-9,17-18,23,37H,3,6-7,10,12-14H2,1-2H3/t17?,18-,23?/m1/s1. The van der Waals surface area contributed by atoms with E-state index >= 15 is 0 Å². The largest absolute Gasteiger partial charge is 0.417 e. The Hall–Kier alpha value is -2.98. The molecule has 2 aliphatic heterocycles. The number of pyridine rings is 1. The van der Waals surface area contributed by atoms with E-state index in [2.05, 4.69) is 4.98 Å². The molecule has 210 valence electrons. The van der Waals surface area contributed by atoms with E-state index in [0.717, 1.165) is 12.1 Å². The van der Waals surface area contributed by atoms with Gasteiger partial charge in [0, 0.05) is 43.6 Å². The van der Waals surface area contributed by atoms with Gasteiger partial charge in [-0.05, 0) is 44.5 Å². The highest BCUT2D eigenvalue weighted by atomic mass is 35.5. The van der Waals surface area contributed by atoms with Crippen LogP contribution in [-0.4, -0.2) is 78.5 Å². The van der Waals surface area contributed by atoms with E-state index in [-0.39, 0.29) is 48.7 Å². The summed E-state index contributed by atoms with van der Waals surface area (Å²) in [5, 5.41) is 19.2. The molecule has 0 radical (unpaired) electrons. The van der Waals surface area contributed by atoms with E-state index in [1.54, 1.807) is 13.0 Å². The average Bonchev–Trinajstić information content (AvgIpc) is 3.35. The van der Waals surface area contributed by atoms with Crippen LogP contribution in [0.25, 0.3) is 0 Å². The highest BCUT2D eigenvalue weighted by Gasteiger charge is 2.45. The average molecular weight is 570 g/mol. The van der Waals surface area contributed by atoms with Crippen molar-refractivity contribution in [3.05, 3.63) is 51.9 Å². The third-order valence-corrected chi connectivity index (χ3v) is 7.36. The third-order valence-electron chi connectivity index (χ3n) is 7.07. The lowest BCUT2D eigenvalue weighted by molar-refractivity contribution is -0.137. The van der Waals surface area contributed by atoms with E-state index in [9.17, 15) is 32.7 Å². The van der Waals surface area contributed by atoms with Crippen LogP contribution in [0.15, 0.2) is 24.3 Å². The zero-order valence-electron chi connectivity index (χ0n) is 21.4. The Labute approximate surface area is 228 Å². The van der Waals surface area contributed by atoms with Crippen molar-refractivity contribution >= 4 is 29.0 Å². The Balaban J connectivity index is 1.78. The van der Waals surface area contributed by atoms with Gasteiger partial charge in [0.1, 0.15) is 29.3 Å². The van der Waals surface area contributed by atoms with E-state index in [0.29, 0.717) is 25.4 Å². The summed E-state index contributed by atoms with van der Waals surface area (Å²) in [6.45, 7) is 4.45. The number of hydrogen-bond acceptors (Lipinski definition) is 7. The topological polar surface area (TPSA) is 92.9 Å². The minimum atomic E-state index is -4.80. The van der Waals surface area contributed by atoms with Gasteiger partial charge in [-0.15, -0.1) is 0 Å². The van der Waals surface area contributed by atoms with Gasteiger partial charge in [-0.3, -0.25) is 9.69 Å². The lowest BCUT2D eigenvalue weighted by Crippen LogP contribution is -2.49. The van der Waals surface area contributed by atoms with Gasteiger partial charge >= 0.3 is 6.18 Å². The molecule has 4 rings (SSSR count). The highest BCUT2D eigenvalue weighted by molar-refractivity contribution is 6.31. The van der Waals surface area contributed by atoms with Crippen LogP contribution in [0.1, 0.15) is 30.2 Å². The van der Waals surface area contributed by atoms with Crippen molar-refractivity contribution in [1.29, 1.82) is 5.26 Å². The van der Waals surface area contributed by atoms with E-state index in [1.807, 2.05) is 4.90 Å². The van der Waals surface area contributed by atoms with Gasteiger partial charge in [0.25, 0.3) is 0 Å². The number of morpholine rings is 1. The highest BCUT2D eigenvalue weighted by Crippen LogP contribution is 2.39. The third kappa shape index (κ3) is 5.96. The fourth-order valence-corrected chi connectivity index (χ4v) is 5.40. The molecule has 0 spiro atoms. The number of aromatic nitrogens is 1. The molecule has 2 unspecified atom stereocenters. The Morgan fingerprint density at radius 3 is 2.69 bits per heavy atom. The number of aryl methyl sites for hydroxylation is 1. The molecule has 1 N–H and O–H groups in total. The molecule has 8 nitrogen and oxygen atoms in total. The number of nitriles is 1. The van der Waals surface area contributed by atoms with Crippen molar-refractivity contribution in [3.63, 3.8) is 0 Å². The number of aliphatic hydroxyl groups excluding tert-OH is 1. The summed E-state index contributed by atoms with van der Waals surface area (Å²) < 4.78 is 61.1. The Morgan fingerprint density at radius 2 is 2.08 bits per heavy atom. The van der Waals surface area contributed by atoms with Crippen LogP contribution >= 0.6 is 11.6 Å². The maximum Gasteiger partial charge on any atom is 0.417 e. The fraction of sp³-hybridized carbons (Fsp3) is 0.500. The molecule has 1 amide bonds. The monoisotopic (exact) mass is 569 g/mol. The molecular weight excluding hydrogens is 542 g/mol. The first-order chi connectivity index (χ1) is 18.5. The summed E-state index contributed by atoms with van der Waals surface area (Å²) in [4.78, 5) is 23.2. The molecule has 3 heterocycles. The molecule has 39 heavy (non-hydrogen) atoms. The van der Waals surface area contributed by atoms with Gasteiger partial charge in [0.15, 0.2) is 0 Å². The van der Waals surface area contributed by atoms with Crippen molar-refractivity contribution in [2.45, 2.75) is 44.6 Å². The molecule has 0 bridgehead atoms. The van der Waals surface area contributed by atoms with Crippen molar-refractivity contribution in [1.82, 2.24) is 9.88 Å². The second kappa shape index (κ2) is 11.6. The number of carbonyl (C=O) groups is 1. The second-order valence-corrected chi connectivity index (χ2v) is 9.94. The molecule has 13 heteroatoms. The van der Waals surface area contributed by atoms with Crippen molar-refractivity contribution in [2.75, 3.05) is 49.2 Å². The summed E-state index contributed by atoms with van der Waals surface area (Å²) in [5.41, 5.74) is -1.39. The SMILES string of the molecule is CCN(C(=O)C1CC(N2CCO[C@@H](CO)C2)CN1c1nc(C)cc(C(F)(F)F)c1C#N)c1ccc(F)c(Cl)c1. The number of rotatable bonds is 6. The minimum absolute atomic E-state index is 0.0513. The summed E-state index contributed by atoms with van der Waals surface area (Å²) >= 11 is 5.96. The molecule has 1 aromatic heterocycles. The number of alkyl halides is 3. The van der Waals surface area contributed by atoms with E-state index < -0.39 is 41.2 Å². The lowest BCUT2D eigenvalue weighted by atomic mass is 10.1. The predicted octanol–water partition coefficient (Wildman–Crippen LogP) is 3.77. The van der Waals surface area contributed by atoms with Gasteiger partial charge in [-0.25, -0.2) is 9.37 Å². The van der Waals surface area contributed by atoms with Gasteiger partial charge in [-0.2, -0.15) is 18.4 Å². The van der Waals surface area contributed by atoms with Gasteiger partial charge in [0.2, 0.25) is 5.91 Å². The number of anilines is 2. The molecular formula is C26H28ClF4N5O3. The number of amides is 1. The van der Waals surface area contributed by atoms with Crippen LogP contribution < -0.4 is 9.80 Å². The Bertz CT molecular complexity index is 1270. The van der Waals surface area contributed by atoms with Crippen LogP contribution in [-0.2, 0) is 15.7 Å². The first-order valence-corrected chi connectivity index (χ1v) is 12.8. The maximum absolute atomic E-state index is 14.0. The number of halogens is 5. The Morgan fingerprint density at radius 1 is 1.33 bits per heavy atom. The lowest BCUT2D eigenvalue weighted by Gasteiger charge is -2.36. The van der Waals surface area contributed by atoms with Gasteiger partial charge in [0.05, 0.1) is 29.9 Å². The molecule has 2 aromatic rings. The number of benzene rings is 1. The van der Waals surface area contributed by atoms with Crippen LogP contribution in [0.5, 0.6) is 0 Å². The molecule has 1 aromatic carbocycles. The zero-order chi connectivity index (χ0) is 28.5. The molecule has 2 fully saturated rings. The minimum Gasteiger partial charge on any atom is -0.394 e. The summed E-state index contributed by atoms with van der Waals surface area (Å²) in [7, 11) is 0. The van der Waals surface area contributed by atoms with Gasteiger partial charge in [-0.1, -0.05) is 11.6 Å². The van der Waals surface area contributed by atoms with Crippen molar-refractivity contribution in [3.8, 4) is 6.07 Å². The summed E-state index contributed by atoms with van der Waals surface area (Å²) in [6.07, 6.45) is -5.01. The fourth-order valence-electron chi connectivity index (χ4n) is 5.23. The predicted molar refractivity (Wildman–Crippen MR) is 136 cm³/mol. The van der Waals surface area contributed by atoms with E-state index in [1.165, 1.54) is 28.9 Å². The van der Waals surface area contributed by atoms with Crippen molar-refractivity contribution in [2.24, 2.45) is 0 Å². The van der Waals surface area contributed by atoms with Crippen LogP contribution in [0.3, 0.4) is 0 Å². The molecule has 0 saturated carbocycles. The molecule has 2 aliphatic rings. The van der Waals surface area contributed by atoms with E-state index in [4.69, 9.17) is 16.3 Å². The number of aliphatic hydroxyl groups is 1. The smallest absolute Gasteiger partial charge is 0.394 e. The maximum atomic E-state index is 14.0. The zero-order valence-corrected chi connectivity index (χ0v) is 22.1. The first-order valence-electron chi connectivity index (χ1n) is 12.5. The molecule has 2 saturated heterocycles. The quantitative estimate of drug-likeness (QED) is 0.530. The van der Waals surface area contributed by atoms with Crippen molar-refractivity contribution < 1.29 is 32.2 Å².